The van der Waals surface area contributed by atoms with E-state index in [1.54, 1.807) is 11.3 Å². The summed E-state index contributed by atoms with van der Waals surface area (Å²) in [6.07, 6.45) is 0.971. The van der Waals surface area contributed by atoms with Crippen molar-refractivity contribution >= 4 is 22.8 Å². The summed E-state index contributed by atoms with van der Waals surface area (Å²) in [6, 6.07) is 8.23. The molecule has 0 bridgehead atoms. The summed E-state index contributed by atoms with van der Waals surface area (Å²) in [5, 5.41) is 5.49. The molecule has 1 atom stereocenters. The van der Waals surface area contributed by atoms with Crippen LogP contribution < -0.4 is 15.8 Å². The summed E-state index contributed by atoms with van der Waals surface area (Å²) in [7, 11) is 0. The topological polar surface area (TPSA) is 60.2 Å². The number of nitrogens with one attached hydrogen (secondary N) is 1. The van der Waals surface area contributed by atoms with Gasteiger partial charge in [-0.15, -0.1) is 11.3 Å². The number of hydrogen-bond donors (Lipinski definition) is 2. The summed E-state index contributed by atoms with van der Waals surface area (Å²) in [5.41, 5.74) is 6.16. The zero-order valence-corrected chi connectivity index (χ0v) is 13.8. The minimum Gasteiger partial charge on any atom is -0.470 e. The predicted molar refractivity (Wildman–Crippen MR) is 90.1 cm³/mol. The molecule has 2 heterocycles. The molecule has 1 unspecified atom stereocenters. The zero-order chi connectivity index (χ0) is 15.5. The second-order valence-electron chi connectivity index (χ2n) is 6.13. The molecule has 2 aromatic rings. The molecule has 2 rings (SSSR count). The number of rotatable bonds is 5. The Morgan fingerprint density at radius 2 is 2.10 bits per heavy atom. The highest BCUT2D eigenvalue weighted by molar-refractivity contribution is 7.09. The van der Waals surface area contributed by atoms with Crippen LogP contribution in [0.15, 0.2) is 29.6 Å². The maximum Gasteiger partial charge on any atom is 0.239 e. The van der Waals surface area contributed by atoms with Crippen LogP contribution in [-0.4, -0.2) is 16.6 Å². The number of pyridine rings is 1. The monoisotopic (exact) mass is 305 g/mol. The van der Waals surface area contributed by atoms with Crippen molar-refractivity contribution in [2.45, 2.75) is 45.8 Å². The molecule has 0 radical (unpaired) electrons. The van der Waals surface area contributed by atoms with Gasteiger partial charge >= 0.3 is 0 Å². The van der Waals surface area contributed by atoms with Crippen molar-refractivity contribution in [1.82, 2.24) is 4.98 Å². The lowest BCUT2D eigenvalue weighted by molar-refractivity contribution is 0.125. The Hall–Kier alpha value is -1.75. The SMILES string of the molecule is CC(Cc1cccs1)Nc1ccc(N)c(OC(C)(C)C)n1. The van der Waals surface area contributed by atoms with Gasteiger partial charge in [0, 0.05) is 17.3 Å². The highest BCUT2D eigenvalue weighted by atomic mass is 32.1. The van der Waals surface area contributed by atoms with E-state index in [-0.39, 0.29) is 5.60 Å². The molecule has 2 aromatic heterocycles. The van der Waals surface area contributed by atoms with E-state index < -0.39 is 0 Å². The van der Waals surface area contributed by atoms with Gasteiger partial charge in [0.15, 0.2) is 0 Å². The predicted octanol–water partition coefficient (Wildman–Crippen LogP) is 3.95. The molecule has 0 saturated heterocycles. The van der Waals surface area contributed by atoms with Gasteiger partial charge in [0.25, 0.3) is 0 Å². The highest BCUT2D eigenvalue weighted by Gasteiger charge is 2.16. The first-order valence-electron chi connectivity index (χ1n) is 7.08. The fraction of sp³-hybridized carbons (Fsp3) is 0.438. The first-order chi connectivity index (χ1) is 9.83. The van der Waals surface area contributed by atoms with Crippen molar-refractivity contribution in [3.05, 3.63) is 34.5 Å². The number of thiophene rings is 1. The van der Waals surface area contributed by atoms with Crippen LogP contribution in [0.3, 0.4) is 0 Å². The number of anilines is 2. The molecule has 0 spiro atoms. The van der Waals surface area contributed by atoms with Crippen LogP contribution in [0.1, 0.15) is 32.6 Å². The largest absolute Gasteiger partial charge is 0.470 e. The number of aromatic nitrogens is 1. The van der Waals surface area contributed by atoms with Crippen LogP contribution in [0.4, 0.5) is 11.5 Å². The van der Waals surface area contributed by atoms with Gasteiger partial charge in [-0.25, -0.2) is 0 Å². The van der Waals surface area contributed by atoms with Crippen LogP contribution in [-0.2, 0) is 6.42 Å². The van der Waals surface area contributed by atoms with Crippen LogP contribution in [0.25, 0.3) is 0 Å². The van der Waals surface area contributed by atoms with Crippen molar-refractivity contribution < 1.29 is 4.74 Å². The third-order valence-electron chi connectivity index (χ3n) is 2.77. The minimum absolute atomic E-state index is 0.294. The first kappa shape index (κ1) is 15.6. The van der Waals surface area contributed by atoms with Crippen LogP contribution in [0.5, 0.6) is 5.88 Å². The standard InChI is InChI=1S/C16H23N3OS/c1-11(10-12-6-5-9-21-12)18-14-8-7-13(17)15(19-14)20-16(2,3)4/h5-9,11H,10,17H2,1-4H3,(H,18,19). The molecule has 0 amide bonds. The molecule has 0 aliphatic heterocycles. The maximum atomic E-state index is 5.92. The number of nitrogens with zero attached hydrogens (tertiary/aromatic N) is 1. The van der Waals surface area contributed by atoms with Gasteiger partial charge < -0.3 is 15.8 Å². The molecule has 114 valence electrons. The third kappa shape index (κ3) is 4.93. The van der Waals surface area contributed by atoms with Gasteiger partial charge in [-0.3, -0.25) is 0 Å². The molecule has 0 saturated carbocycles. The van der Waals surface area contributed by atoms with Crippen LogP contribution in [0, 0.1) is 0 Å². The number of ether oxygens (including phenoxy) is 1. The summed E-state index contributed by atoms with van der Waals surface area (Å²) in [6.45, 7) is 8.08. The Kier molecular flexibility index (Phi) is 4.73. The average Bonchev–Trinajstić information content (AvgIpc) is 2.84. The fourth-order valence-corrected chi connectivity index (χ4v) is 2.77. The van der Waals surface area contributed by atoms with E-state index in [1.165, 1.54) is 4.88 Å². The Morgan fingerprint density at radius 3 is 2.71 bits per heavy atom. The quantitative estimate of drug-likeness (QED) is 0.878. The number of nitrogen functional groups attached to an aromatic ring is 1. The summed E-state index contributed by atoms with van der Waals surface area (Å²) in [5.74, 6) is 1.27. The lowest BCUT2D eigenvalue weighted by Crippen LogP contribution is -2.25. The number of hydrogen-bond acceptors (Lipinski definition) is 5. The summed E-state index contributed by atoms with van der Waals surface area (Å²) < 4.78 is 5.79. The Balaban J connectivity index is 2.04. The zero-order valence-electron chi connectivity index (χ0n) is 13.0. The molecule has 0 aromatic carbocycles. The Labute approximate surface area is 130 Å². The highest BCUT2D eigenvalue weighted by Crippen LogP contribution is 2.25. The van der Waals surface area contributed by atoms with Gasteiger partial charge in [-0.1, -0.05) is 6.07 Å². The van der Waals surface area contributed by atoms with Crippen molar-refractivity contribution in [2.75, 3.05) is 11.1 Å². The normalized spacial score (nSPS) is 13.0. The van der Waals surface area contributed by atoms with Gasteiger partial charge in [-0.05, 0) is 51.3 Å². The van der Waals surface area contributed by atoms with Gasteiger partial charge in [0.2, 0.25) is 5.88 Å². The van der Waals surface area contributed by atoms with Gasteiger partial charge in [-0.2, -0.15) is 4.98 Å². The molecule has 0 fully saturated rings. The second-order valence-corrected chi connectivity index (χ2v) is 7.17. The molecule has 21 heavy (non-hydrogen) atoms. The molecular weight excluding hydrogens is 282 g/mol. The van der Waals surface area contributed by atoms with Gasteiger partial charge in [0.1, 0.15) is 11.4 Å². The summed E-state index contributed by atoms with van der Waals surface area (Å²) in [4.78, 5) is 5.83. The van der Waals surface area contributed by atoms with Crippen molar-refractivity contribution in [3.63, 3.8) is 0 Å². The van der Waals surface area contributed by atoms with E-state index in [2.05, 4.69) is 34.7 Å². The van der Waals surface area contributed by atoms with Crippen molar-refractivity contribution in [3.8, 4) is 5.88 Å². The molecule has 3 N–H and O–H groups in total. The summed E-state index contributed by atoms with van der Waals surface area (Å²) >= 11 is 1.77. The fourth-order valence-electron chi connectivity index (χ4n) is 1.94. The van der Waals surface area contributed by atoms with E-state index in [4.69, 9.17) is 10.5 Å². The molecular formula is C16H23N3OS. The van der Waals surface area contributed by atoms with Crippen molar-refractivity contribution in [1.29, 1.82) is 0 Å². The van der Waals surface area contributed by atoms with E-state index >= 15 is 0 Å². The second kappa shape index (κ2) is 6.35. The average molecular weight is 305 g/mol. The van der Waals surface area contributed by atoms with E-state index in [0.717, 1.165) is 12.2 Å². The maximum absolute atomic E-state index is 5.92. The molecule has 5 heteroatoms. The number of nitrogens with two attached hydrogens (primary N) is 1. The minimum atomic E-state index is -0.317. The van der Waals surface area contributed by atoms with Crippen LogP contribution >= 0.6 is 11.3 Å². The molecule has 0 aliphatic rings. The van der Waals surface area contributed by atoms with Crippen molar-refractivity contribution in [2.24, 2.45) is 0 Å². The third-order valence-corrected chi connectivity index (χ3v) is 3.67. The first-order valence-corrected chi connectivity index (χ1v) is 7.96. The lowest BCUT2D eigenvalue weighted by atomic mass is 10.2. The van der Waals surface area contributed by atoms with E-state index in [9.17, 15) is 0 Å². The van der Waals surface area contributed by atoms with Gasteiger partial charge in [0.05, 0.1) is 5.69 Å². The van der Waals surface area contributed by atoms with E-state index in [0.29, 0.717) is 17.6 Å². The smallest absolute Gasteiger partial charge is 0.239 e. The molecule has 0 aliphatic carbocycles. The van der Waals surface area contributed by atoms with E-state index in [1.807, 2.05) is 32.9 Å². The van der Waals surface area contributed by atoms with Crippen LogP contribution in [0.2, 0.25) is 0 Å². The Morgan fingerprint density at radius 1 is 1.33 bits per heavy atom. The molecule has 4 nitrogen and oxygen atoms in total. The Bertz CT molecular complexity index is 576. The lowest BCUT2D eigenvalue weighted by Gasteiger charge is -2.22.